The zero-order valence-corrected chi connectivity index (χ0v) is 11.3. The fourth-order valence-electron chi connectivity index (χ4n) is 1.58. The quantitative estimate of drug-likeness (QED) is 0.882. The number of aliphatic hydroxyl groups is 1. The van der Waals surface area contributed by atoms with Crippen molar-refractivity contribution in [3.63, 3.8) is 0 Å². The Morgan fingerprint density at radius 1 is 1.17 bits per heavy atom. The van der Waals surface area contributed by atoms with Crippen molar-refractivity contribution in [1.29, 1.82) is 0 Å². The van der Waals surface area contributed by atoms with Gasteiger partial charge in [-0.3, -0.25) is 0 Å². The molecule has 0 bridgehead atoms. The summed E-state index contributed by atoms with van der Waals surface area (Å²) in [6.07, 6.45) is -0.592. The van der Waals surface area contributed by atoms with E-state index in [0.717, 1.165) is 9.79 Å². The van der Waals surface area contributed by atoms with Crippen LogP contribution < -0.4 is 0 Å². The van der Waals surface area contributed by atoms with E-state index in [1.165, 1.54) is 23.9 Å². The van der Waals surface area contributed by atoms with Gasteiger partial charge >= 0.3 is 0 Å². The second-order valence-electron chi connectivity index (χ2n) is 3.92. The summed E-state index contributed by atoms with van der Waals surface area (Å²) in [6, 6.07) is 11.8. The van der Waals surface area contributed by atoms with Gasteiger partial charge < -0.3 is 5.11 Å². The van der Waals surface area contributed by atoms with Crippen LogP contribution in [0.4, 0.5) is 4.39 Å². The van der Waals surface area contributed by atoms with Gasteiger partial charge in [-0.1, -0.05) is 35.5 Å². The van der Waals surface area contributed by atoms with Crippen molar-refractivity contribution in [3.8, 4) is 0 Å². The van der Waals surface area contributed by atoms with Gasteiger partial charge in [0.05, 0.1) is 6.10 Å². The molecule has 2 aromatic carbocycles. The fraction of sp³-hybridized carbons (Fsp3) is 0.143. The van der Waals surface area contributed by atoms with Crippen LogP contribution in [0.3, 0.4) is 0 Å². The topological polar surface area (TPSA) is 20.2 Å². The van der Waals surface area contributed by atoms with Gasteiger partial charge in [0.1, 0.15) is 5.82 Å². The fourth-order valence-corrected chi connectivity index (χ4v) is 2.88. The Morgan fingerprint density at radius 2 is 1.89 bits per heavy atom. The summed E-state index contributed by atoms with van der Waals surface area (Å²) in [5, 5.41) is 10.0. The Kier molecular flexibility index (Phi) is 4.27. The first-order valence-corrected chi connectivity index (χ1v) is 6.66. The minimum Gasteiger partial charge on any atom is -0.389 e. The number of aliphatic hydroxyl groups excluding tert-OH is 1. The summed E-state index contributed by atoms with van der Waals surface area (Å²) in [6.45, 7) is 1.67. The molecule has 2 aromatic rings. The number of rotatable bonds is 3. The lowest BCUT2D eigenvalue weighted by atomic mass is 10.1. The third-order valence-corrected chi connectivity index (χ3v) is 3.76. The van der Waals surface area contributed by atoms with Crippen LogP contribution in [0.15, 0.2) is 52.3 Å². The van der Waals surface area contributed by atoms with Crippen LogP contribution in [0.1, 0.15) is 18.6 Å². The first kappa shape index (κ1) is 13.4. The van der Waals surface area contributed by atoms with Crippen molar-refractivity contribution >= 4 is 23.4 Å². The standard InChI is InChI=1S/C14H12ClFOS/c1-9(17)13-6-5-12(8-14(13)15)18-11-4-2-3-10(16)7-11/h2-9,17H,1H3. The Labute approximate surface area is 115 Å². The molecule has 0 saturated heterocycles. The van der Waals surface area contributed by atoms with Gasteiger partial charge in [0.15, 0.2) is 0 Å². The van der Waals surface area contributed by atoms with Gasteiger partial charge in [-0.15, -0.1) is 0 Å². The molecular formula is C14H12ClFOS. The van der Waals surface area contributed by atoms with E-state index in [1.807, 2.05) is 12.1 Å². The lowest BCUT2D eigenvalue weighted by Crippen LogP contribution is -1.91. The minimum atomic E-state index is -0.592. The summed E-state index contributed by atoms with van der Waals surface area (Å²) in [5.74, 6) is -0.258. The number of hydrogen-bond acceptors (Lipinski definition) is 2. The Balaban J connectivity index is 2.23. The molecule has 0 fully saturated rings. The van der Waals surface area contributed by atoms with Crippen LogP contribution >= 0.6 is 23.4 Å². The molecule has 94 valence electrons. The van der Waals surface area contributed by atoms with E-state index < -0.39 is 6.10 Å². The molecule has 0 spiro atoms. The number of halogens is 2. The van der Waals surface area contributed by atoms with E-state index in [2.05, 4.69) is 0 Å². The first-order valence-electron chi connectivity index (χ1n) is 5.47. The van der Waals surface area contributed by atoms with Crippen LogP contribution in [0.2, 0.25) is 5.02 Å². The molecule has 0 amide bonds. The first-order chi connectivity index (χ1) is 8.56. The highest BCUT2D eigenvalue weighted by molar-refractivity contribution is 7.99. The number of hydrogen-bond donors (Lipinski definition) is 1. The van der Waals surface area contributed by atoms with Crippen LogP contribution in [0.5, 0.6) is 0 Å². The number of benzene rings is 2. The summed E-state index contributed by atoms with van der Waals surface area (Å²) >= 11 is 7.50. The highest BCUT2D eigenvalue weighted by atomic mass is 35.5. The van der Waals surface area contributed by atoms with Crippen LogP contribution in [-0.4, -0.2) is 5.11 Å². The molecule has 0 heterocycles. The molecule has 1 unspecified atom stereocenters. The maximum absolute atomic E-state index is 13.0. The highest BCUT2D eigenvalue weighted by Crippen LogP contribution is 2.32. The Hall–Kier alpha value is -1.03. The normalized spacial score (nSPS) is 12.4. The predicted octanol–water partition coefficient (Wildman–Crippen LogP) is 4.68. The second-order valence-corrected chi connectivity index (χ2v) is 5.47. The van der Waals surface area contributed by atoms with Crippen LogP contribution in [-0.2, 0) is 0 Å². The monoisotopic (exact) mass is 282 g/mol. The molecule has 4 heteroatoms. The lowest BCUT2D eigenvalue weighted by Gasteiger charge is -2.09. The minimum absolute atomic E-state index is 0.258. The van der Waals surface area contributed by atoms with E-state index in [1.54, 1.807) is 25.1 Å². The van der Waals surface area contributed by atoms with Crippen molar-refractivity contribution in [2.45, 2.75) is 22.8 Å². The molecule has 0 aliphatic heterocycles. The van der Waals surface area contributed by atoms with E-state index in [-0.39, 0.29) is 5.82 Å². The molecule has 1 atom stereocenters. The van der Waals surface area contributed by atoms with Crippen LogP contribution in [0, 0.1) is 5.82 Å². The molecule has 18 heavy (non-hydrogen) atoms. The average molecular weight is 283 g/mol. The van der Waals surface area contributed by atoms with Crippen molar-refractivity contribution < 1.29 is 9.50 Å². The van der Waals surface area contributed by atoms with Crippen LogP contribution in [0.25, 0.3) is 0 Å². The third kappa shape index (κ3) is 3.25. The van der Waals surface area contributed by atoms with E-state index in [0.29, 0.717) is 10.6 Å². The van der Waals surface area contributed by atoms with E-state index in [9.17, 15) is 9.50 Å². The van der Waals surface area contributed by atoms with Crippen molar-refractivity contribution in [3.05, 3.63) is 58.9 Å². The molecule has 1 nitrogen and oxygen atoms in total. The smallest absolute Gasteiger partial charge is 0.124 e. The molecule has 0 radical (unpaired) electrons. The van der Waals surface area contributed by atoms with Crippen molar-refractivity contribution in [2.24, 2.45) is 0 Å². The van der Waals surface area contributed by atoms with Gasteiger partial charge in [-0.05, 0) is 42.8 Å². The van der Waals surface area contributed by atoms with E-state index in [4.69, 9.17) is 11.6 Å². The van der Waals surface area contributed by atoms with E-state index >= 15 is 0 Å². The zero-order chi connectivity index (χ0) is 13.1. The van der Waals surface area contributed by atoms with Crippen molar-refractivity contribution in [1.82, 2.24) is 0 Å². The molecule has 0 saturated carbocycles. The van der Waals surface area contributed by atoms with Crippen molar-refractivity contribution in [2.75, 3.05) is 0 Å². The summed E-state index contributed by atoms with van der Waals surface area (Å²) < 4.78 is 13.0. The molecule has 0 aliphatic carbocycles. The maximum atomic E-state index is 13.0. The maximum Gasteiger partial charge on any atom is 0.124 e. The highest BCUT2D eigenvalue weighted by Gasteiger charge is 2.08. The molecule has 2 rings (SSSR count). The van der Waals surface area contributed by atoms with Gasteiger partial charge in [-0.2, -0.15) is 0 Å². The van der Waals surface area contributed by atoms with Gasteiger partial charge in [0, 0.05) is 14.8 Å². The molecular weight excluding hydrogens is 271 g/mol. The summed E-state index contributed by atoms with van der Waals surface area (Å²) in [5.41, 5.74) is 0.695. The summed E-state index contributed by atoms with van der Waals surface area (Å²) in [7, 11) is 0. The lowest BCUT2D eigenvalue weighted by molar-refractivity contribution is 0.199. The second kappa shape index (κ2) is 5.74. The molecule has 0 aliphatic rings. The molecule has 0 aromatic heterocycles. The zero-order valence-electron chi connectivity index (χ0n) is 9.73. The van der Waals surface area contributed by atoms with Gasteiger partial charge in [0.2, 0.25) is 0 Å². The largest absolute Gasteiger partial charge is 0.389 e. The Morgan fingerprint density at radius 3 is 2.50 bits per heavy atom. The van der Waals surface area contributed by atoms with Gasteiger partial charge in [-0.25, -0.2) is 4.39 Å². The van der Waals surface area contributed by atoms with Gasteiger partial charge in [0.25, 0.3) is 0 Å². The molecule has 1 N–H and O–H groups in total. The SMILES string of the molecule is CC(O)c1ccc(Sc2cccc(F)c2)cc1Cl. The summed E-state index contributed by atoms with van der Waals surface area (Å²) in [4.78, 5) is 1.73. The Bertz CT molecular complexity index is 557. The predicted molar refractivity (Wildman–Crippen MR) is 72.6 cm³/mol. The third-order valence-electron chi connectivity index (χ3n) is 2.45. The average Bonchev–Trinajstić information content (AvgIpc) is 2.28.